The third kappa shape index (κ3) is 2.71. The van der Waals surface area contributed by atoms with Crippen molar-refractivity contribution >= 4 is 60.4 Å². The van der Waals surface area contributed by atoms with Gasteiger partial charge in [-0.2, -0.15) is 13.4 Å². The maximum absolute atomic E-state index is 12.6. The second-order valence-corrected chi connectivity index (χ2v) is 7.80. The number of benzene rings is 1. The molecular formula is C11H10IN5O2S2. The minimum absolute atomic E-state index is 0.0138. The van der Waals surface area contributed by atoms with Crippen LogP contribution in [0.1, 0.15) is 0 Å². The van der Waals surface area contributed by atoms with Crippen molar-refractivity contribution in [2.75, 3.05) is 10.1 Å². The maximum atomic E-state index is 12.6. The fraction of sp³-hybridized carbons (Fsp3) is 0. The molecule has 3 rings (SSSR count). The van der Waals surface area contributed by atoms with Crippen LogP contribution in [0.3, 0.4) is 0 Å². The molecule has 0 unspecified atom stereocenters. The molecule has 0 aliphatic rings. The Labute approximate surface area is 138 Å². The average molecular weight is 435 g/mol. The molecule has 0 spiro atoms. The Morgan fingerprint density at radius 2 is 2.19 bits per heavy atom. The molecule has 7 nitrogen and oxygen atoms in total. The minimum atomic E-state index is -3.81. The van der Waals surface area contributed by atoms with Gasteiger partial charge in [-0.1, -0.05) is 6.07 Å². The first-order valence-corrected chi connectivity index (χ1v) is 9.16. The zero-order valence-corrected chi connectivity index (χ0v) is 14.2. The lowest BCUT2D eigenvalue weighted by atomic mass is 10.3. The van der Waals surface area contributed by atoms with E-state index in [1.54, 1.807) is 29.8 Å². The van der Waals surface area contributed by atoms with Crippen LogP contribution >= 0.6 is 33.9 Å². The Morgan fingerprint density at radius 3 is 2.90 bits per heavy atom. The molecular weight excluding hydrogens is 425 g/mol. The molecule has 110 valence electrons. The summed E-state index contributed by atoms with van der Waals surface area (Å²) >= 11 is 3.44. The molecule has 0 bridgehead atoms. The fourth-order valence-corrected chi connectivity index (χ4v) is 4.49. The zero-order valence-electron chi connectivity index (χ0n) is 10.4. The summed E-state index contributed by atoms with van der Waals surface area (Å²) in [5, 5.41) is 1.74. The number of fused-ring (bicyclic) bond motifs is 1. The number of rotatable bonds is 4. The van der Waals surface area contributed by atoms with Crippen molar-refractivity contribution in [1.82, 2.24) is 9.38 Å². The normalized spacial score (nSPS) is 11.7. The lowest BCUT2D eigenvalue weighted by Gasteiger charge is -2.09. The Balaban J connectivity index is 2.09. The van der Waals surface area contributed by atoms with Gasteiger partial charge in [-0.25, -0.2) is 5.84 Å². The highest BCUT2D eigenvalue weighted by Crippen LogP contribution is 2.27. The van der Waals surface area contributed by atoms with Gasteiger partial charge in [0.1, 0.15) is 0 Å². The second-order valence-electron chi connectivity index (χ2n) is 4.08. The molecule has 10 heteroatoms. The molecule has 2 heterocycles. The van der Waals surface area contributed by atoms with Gasteiger partial charge in [0.15, 0.2) is 10.8 Å². The van der Waals surface area contributed by atoms with Gasteiger partial charge < -0.3 is 5.43 Å². The molecule has 3 aromatic rings. The number of hydrazine groups is 1. The van der Waals surface area contributed by atoms with Gasteiger partial charge in [0.25, 0.3) is 10.0 Å². The standard InChI is InChI=1S/C11H10IN5O2S2/c12-7-2-1-3-8(6-7)16-21(18,19)10-9(15-13)14-11-17(10)4-5-20-11/h1-6,15-16H,13H2. The van der Waals surface area contributed by atoms with Gasteiger partial charge in [-0.15, -0.1) is 11.3 Å². The van der Waals surface area contributed by atoms with Crippen molar-refractivity contribution < 1.29 is 8.42 Å². The van der Waals surface area contributed by atoms with Crippen LogP contribution in [-0.2, 0) is 10.0 Å². The van der Waals surface area contributed by atoms with E-state index in [2.05, 4.69) is 37.7 Å². The third-order valence-corrected chi connectivity index (χ3v) is 5.52. The highest BCUT2D eigenvalue weighted by molar-refractivity contribution is 14.1. The lowest BCUT2D eigenvalue weighted by molar-refractivity contribution is 0.597. The number of halogens is 1. The largest absolute Gasteiger partial charge is 0.306 e. The average Bonchev–Trinajstić information content (AvgIpc) is 2.96. The van der Waals surface area contributed by atoms with Crippen LogP contribution in [0.25, 0.3) is 4.96 Å². The quantitative estimate of drug-likeness (QED) is 0.331. The van der Waals surface area contributed by atoms with Crippen molar-refractivity contribution in [1.29, 1.82) is 0 Å². The summed E-state index contributed by atoms with van der Waals surface area (Å²) in [7, 11) is -3.81. The summed E-state index contributed by atoms with van der Waals surface area (Å²) in [4.78, 5) is 4.69. The van der Waals surface area contributed by atoms with Gasteiger partial charge in [-0.3, -0.25) is 9.12 Å². The monoisotopic (exact) mass is 435 g/mol. The highest BCUT2D eigenvalue weighted by Gasteiger charge is 2.25. The highest BCUT2D eigenvalue weighted by atomic mass is 127. The van der Waals surface area contributed by atoms with Crippen molar-refractivity contribution in [3.05, 3.63) is 39.4 Å². The number of imidazole rings is 1. The summed E-state index contributed by atoms with van der Waals surface area (Å²) in [6, 6.07) is 7.07. The summed E-state index contributed by atoms with van der Waals surface area (Å²) in [6.07, 6.45) is 1.64. The summed E-state index contributed by atoms with van der Waals surface area (Å²) in [5.41, 5.74) is 2.81. The number of nitrogens with two attached hydrogens (primary N) is 1. The topological polar surface area (TPSA) is 102 Å². The number of nitrogens with one attached hydrogen (secondary N) is 2. The number of anilines is 2. The summed E-state index contributed by atoms with van der Waals surface area (Å²) in [5.74, 6) is 5.48. The number of nitrogen functional groups attached to an aromatic ring is 1. The smallest absolute Gasteiger partial charge is 0.281 e. The van der Waals surface area contributed by atoms with E-state index in [1.165, 1.54) is 15.7 Å². The Kier molecular flexibility index (Phi) is 3.77. The molecule has 0 amide bonds. The molecule has 21 heavy (non-hydrogen) atoms. The third-order valence-electron chi connectivity index (χ3n) is 2.69. The lowest BCUT2D eigenvalue weighted by Crippen LogP contribution is -2.18. The van der Waals surface area contributed by atoms with E-state index in [4.69, 9.17) is 5.84 Å². The molecule has 0 aliphatic heterocycles. The number of thiazole rings is 1. The SMILES string of the molecule is NNc1nc2sccn2c1S(=O)(=O)Nc1cccc(I)c1. The molecule has 0 saturated carbocycles. The van der Waals surface area contributed by atoms with Crippen molar-refractivity contribution in [2.24, 2.45) is 5.84 Å². The number of aromatic nitrogens is 2. The van der Waals surface area contributed by atoms with Crippen LogP contribution in [-0.4, -0.2) is 17.8 Å². The molecule has 0 fully saturated rings. The fourth-order valence-electron chi connectivity index (χ4n) is 1.87. The van der Waals surface area contributed by atoms with E-state index >= 15 is 0 Å². The number of sulfonamides is 1. The van der Waals surface area contributed by atoms with Crippen LogP contribution in [0.5, 0.6) is 0 Å². The molecule has 0 radical (unpaired) electrons. The van der Waals surface area contributed by atoms with E-state index in [0.717, 1.165) is 3.57 Å². The van der Waals surface area contributed by atoms with E-state index in [1.807, 2.05) is 6.07 Å². The van der Waals surface area contributed by atoms with Gasteiger partial charge >= 0.3 is 0 Å². The second kappa shape index (κ2) is 5.44. The van der Waals surface area contributed by atoms with Crippen molar-refractivity contribution in [3.8, 4) is 0 Å². The maximum Gasteiger partial charge on any atom is 0.281 e. The number of nitrogens with zero attached hydrogens (tertiary/aromatic N) is 2. The predicted octanol–water partition coefficient (Wildman–Crippen LogP) is 2.09. The van der Waals surface area contributed by atoms with Gasteiger partial charge in [0.05, 0.1) is 0 Å². The van der Waals surface area contributed by atoms with Crippen LogP contribution < -0.4 is 16.0 Å². The van der Waals surface area contributed by atoms with Crippen LogP contribution in [0, 0.1) is 3.57 Å². The molecule has 0 atom stereocenters. The predicted molar refractivity (Wildman–Crippen MR) is 90.8 cm³/mol. The van der Waals surface area contributed by atoms with Crippen LogP contribution in [0.15, 0.2) is 40.9 Å². The zero-order chi connectivity index (χ0) is 15.0. The van der Waals surface area contributed by atoms with Crippen molar-refractivity contribution in [2.45, 2.75) is 5.03 Å². The first kappa shape index (κ1) is 14.6. The van der Waals surface area contributed by atoms with Gasteiger partial charge in [0.2, 0.25) is 5.03 Å². The summed E-state index contributed by atoms with van der Waals surface area (Å²) in [6.45, 7) is 0. The van der Waals surface area contributed by atoms with E-state index in [-0.39, 0.29) is 10.8 Å². The number of hydrogen-bond donors (Lipinski definition) is 3. The van der Waals surface area contributed by atoms with Crippen LogP contribution in [0.4, 0.5) is 11.5 Å². The first-order valence-electron chi connectivity index (χ1n) is 5.72. The molecule has 0 aliphatic carbocycles. The Morgan fingerprint density at radius 1 is 1.38 bits per heavy atom. The van der Waals surface area contributed by atoms with E-state index in [0.29, 0.717) is 10.6 Å². The molecule has 1 aromatic carbocycles. The van der Waals surface area contributed by atoms with Crippen LogP contribution in [0.2, 0.25) is 0 Å². The van der Waals surface area contributed by atoms with Gasteiger partial charge in [-0.05, 0) is 40.8 Å². The van der Waals surface area contributed by atoms with Crippen molar-refractivity contribution in [3.63, 3.8) is 0 Å². The van der Waals surface area contributed by atoms with Gasteiger partial charge in [0, 0.05) is 20.8 Å². The Hall–Kier alpha value is -1.37. The Bertz CT molecular complexity index is 902. The molecule has 0 saturated heterocycles. The molecule has 4 N–H and O–H groups in total. The van der Waals surface area contributed by atoms with E-state index in [9.17, 15) is 8.42 Å². The van der Waals surface area contributed by atoms with E-state index < -0.39 is 10.0 Å². The molecule has 2 aromatic heterocycles. The first-order chi connectivity index (χ1) is 10.0. The summed E-state index contributed by atoms with van der Waals surface area (Å²) < 4.78 is 30.1. The number of hydrogen-bond acceptors (Lipinski definition) is 6. The minimum Gasteiger partial charge on any atom is -0.306 e.